The first-order valence-electron chi connectivity index (χ1n) is 13.1. The Balaban J connectivity index is 2.05. The molecule has 38 heavy (non-hydrogen) atoms. The highest BCUT2D eigenvalue weighted by Gasteiger charge is 2.37. The third-order valence-electron chi connectivity index (χ3n) is 6.94. The molecule has 2 aromatic carbocycles. The van der Waals surface area contributed by atoms with E-state index in [9.17, 15) is 13.2 Å². The molecule has 8 nitrogen and oxygen atoms in total. The fourth-order valence-corrected chi connectivity index (χ4v) is 6.38. The van der Waals surface area contributed by atoms with Gasteiger partial charge in [0.1, 0.15) is 11.4 Å². The van der Waals surface area contributed by atoms with Crippen molar-refractivity contribution in [2.75, 3.05) is 20.2 Å². The van der Waals surface area contributed by atoms with E-state index in [-0.39, 0.29) is 29.8 Å². The average molecular weight is 544 g/mol. The van der Waals surface area contributed by atoms with Crippen LogP contribution in [0.4, 0.5) is 0 Å². The first kappa shape index (κ1) is 29.5. The molecule has 0 saturated carbocycles. The van der Waals surface area contributed by atoms with Gasteiger partial charge in [0.05, 0.1) is 25.0 Å². The first-order chi connectivity index (χ1) is 17.9. The number of rotatable bonds is 10. The van der Waals surface area contributed by atoms with Crippen LogP contribution in [-0.2, 0) is 32.5 Å². The first-order valence-corrected chi connectivity index (χ1v) is 14.6. The van der Waals surface area contributed by atoms with E-state index < -0.39 is 15.6 Å². The van der Waals surface area contributed by atoms with Gasteiger partial charge in [-0.1, -0.05) is 43.7 Å². The van der Waals surface area contributed by atoms with Crippen LogP contribution in [-0.4, -0.2) is 51.0 Å². The minimum absolute atomic E-state index is 0.120. The molecule has 9 heteroatoms. The highest BCUT2D eigenvalue weighted by molar-refractivity contribution is 7.90. The monoisotopic (exact) mass is 543 g/mol. The van der Waals surface area contributed by atoms with Gasteiger partial charge in [0.25, 0.3) is 10.0 Å². The fraction of sp³-hybridized carbons (Fsp3) is 0.517. The Morgan fingerprint density at radius 1 is 1.11 bits per heavy atom. The fourth-order valence-electron chi connectivity index (χ4n) is 4.77. The number of hydrogen-bond donors (Lipinski definition) is 1. The summed E-state index contributed by atoms with van der Waals surface area (Å²) in [4.78, 5) is 18.7. The van der Waals surface area contributed by atoms with Crippen molar-refractivity contribution in [2.24, 2.45) is 4.99 Å². The number of hydrogen-bond acceptors (Lipinski definition) is 6. The second-order valence-electron chi connectivity index (χ2n) is 10.4. The molecule has 208 valence electrons. The highest BCUT2D eigenvalue weighted by atomic mass is 32.2. The van der Waals surface area contributed by atoms with Gasteiger partial charge in [-0.05, 0) is 63.3 Å². The minimum Gasteiger partial charge on any atom is -0.487 e. The Bertz CT molecular complexity index is 1290. The molecule has 1 heterocycles. The third kappa shape index (κ3) is 6.87. The van der Waals surface area contributed by atoms with Gasteiger partial charge in [0, 0.05) is 25.1 Å². The molecular formula is C29H41N3O5S. The Morgan fingerprint density at radius 2 is 1.79 bits per heavy atom. The van der Waals surface area contributed by atoms with Gasteiger partial charge in [-0.15, -0.1) is 0 Å². The lowest BCUT2D eigenvalue weighted by Crippen LogP contribution is -2.46. The maximum Gasteiger partial charge on any atom is 0.307 e. The van der Waals surface area contributed by atoms with Crippen LogP contribution in [0, 0.1) is 20.8 Å². The topological polar surface area (TPSA) is 97.3 Å². The molecule has 0 atom stereocenters. The van der Waals surface area contributed by atoms with Crippen LogP contribution in [0.5, 0.6) is 5.75 Å². The number of benzene rings is 2. The average Bonchev–Trinajstić information content (AvgIpc) is 3.21. The minimum atomic E-state index is -4.01. The maximum atomic E-state index is 14.0. The summed E-state index contributed by atoms with van der Waals surface area (Å²) < 4.78 is 41.9. The molecule has 0 amide bonds. The molecule has 1 aliphatic rings. The number of guanidine groups is 1. The molecule has 0 bridgehead atoms. The lowest BCUT2D eigenvalue weighted by Gasteiger charge is -2.27. The predicted octanol–water partition coefficient (Wildman–Crippen LogP) is 4.83. The van der Waals surface area contributed by atoms with E-state index in [1.54, 1.807) is 0 Å². The molecular weight excluding hydrogens is 502 g/mol. The van der Waals surface area contributed by atoms with Crippen LogP contribution >= 0.6 is 0 Å². The zero-order valence-electron chi connectivity index (χ0n) is 23.7. The lowest BCUT2D eigenvalue weighted by molar-refractivity contribution is -0.140. The van der Waals surface area contributed by atoms with Crippen molar-refractivity contribution in [3.63, 3.8) is 0 Å². The predicted molar refractivity (Wildman–Crippen MR) is 150 cm³/mol. The van der Waals surface area contributed by atoms with E-state index in [1.807, 2.05) is 69.9 Å². The number of methoxy groups -OCH3 is 1. The third-order valence-corrected chi connectivity index (χ3v) is 8.54. The summed E-state index contributed by atoms with van der Waals surface area (Å²) in [5.74, 6) is 0.643. The van der Waals surface area contributed by atoms with Gasteiger partial charge in [0.2, 0.25) is 5.96 Å². The van der Waals surface area contributed by atoms with Crippen molar-refractivity contribution in [2.45, 2.75) is 84.3 Å². The highest BCUT2D eigenvalue weighted by Crippen LogP contribution is 2.43. The summed E-state index contributed by atoms with van der Waals surface area (Å²) in [6.07, 6.45) is 2.48. The van der Waals surface area contributed by atoms with Gasteiger partial charge in [-0.3, -0.25) is 4.79 Å². The van der Waals surface area contributed by atoms with Crippen LogP contribution < -0.4 is 9.46 Å². The van der Waals surface area contributed by atoms with Crippen LogP contribution in [0.1, 0.15) is 67.9 Å². The normalized spacial score (nSPS) is 14.6. The van der Waals surface area contributed by atoms with Gasteiger partial charge < -0.3 is 14.4 Å². The van der Waals surface area contributed by atoms with E-state index >= 15 is 0 Å². The molecule has 0 fully saturated rings. The molecule has 0 saturated heterocycles. The Kier molecular flexibility index (Phi) is 9.46. The summed E-state index contributed by atoms with van der Waals surface area (Å²) in [5, 5.41) is 0. The lowest BCUT2D eigenvalue weighted by atomic mass is 9.94. The van der Waals surface area contributed by atoms with Crippen molar-refractivity contribution in [1.82, 2.24) is 9.62 Å². The molecule has 0 unspecified atom stereocenters. The maximum absolute atomic E-state index is 14.0. The number of nitrogens with one attached hydrogen (secondary N) is 1. The van der Waals surface area contributed by atoms with E-state index in [1.165, 1.54) is 7.11 Å². The molecule has 1 N–H and O–H groups in total. The van der Waals surface area contributed by atoms with E-state index in [2.05, 4.69) is 11.6 Å². The summed E-state index contributed by atoms with van der Waals surface area (Å²) in [6.45, 7) is 12.8. The van der Waals surface area contributed by atoms with E-state index in [4.69, 9.17) is 14.5 Å². The number of nitrogens with zero attached hydrogens (tertiary/aromatic N) is 2. The van der Waals surface area contributed by atoms with E-state index in [0.29, 0.717) is 30.6 Å². The van der Waals surface area contributed by atoms with Gasteiger partial charge in [-0.25, -0.2) is 18.1 Å². The number of carbonyl (C=O) groups is 1. The van der Waals surface area contributed by atoms with Crippen molar-refractivity contribution in [3.05, 3.63) is 58.1 Å². The summed E-state index contributed by atoms with van der Waals surface area (Å²) in [7, 11) is -2.67. The van der Waals surface area contributed by atoms with E-state index in [0.717, 1.165) is 35.3 Å². The Labute approximate surface area is 227 Å². The summed E-state index contributed by atoms with van der Waals surface area (Å²) in [6, 6.07) is 9.66. The van der Waals surface area contributed by atoms with Gasteiger partial charge in [-0.2, -0.15) is 0 Å². The largest absolute Gasteiger partial charge is 0.487 e. The van der Waals surface area contributed by atoms with Crippen molar-refractivity contribution in [1.29, 1.82) is 0 Å². The molecule has 1 aliphatic heterocycles. The molecule has 2 aromatic rings. The van der Waals surface area contributed by atoms with Crippen LogP contribution in [0.15, 0.2) is 40.2 Å². The molecule has 0 aromatic heterocycles. The van der Waals surface area contributed by atoms with Crippen LogP contribution in [0.2, 0.25) is 0 Å². The standard InChI is InChI=1S/C29H41N3O5S/c1-8-9-16-32(17-15-25(33)36-7)28(30-19-23-13-11-10-12-14-23)31-38(34,35)27-21(3)20(2)26-24(22(27)4)18-29(5,6)37-26/h10-14H,8-9,15-19H2,1-7H3,(H,30,31). The van der Waals surface area contributed by atoms with Gasteiger partial charge >= 0.3 is 5.97 Å². The Hall–Kier alpha value is -3.07. The number of carbonyl (C=O) groups excluding carboxylic acids is 1. The Morgan fingerprint density at radius 3 is 2.42 bits per heavy atom. The number of fused-ring (bicyclic) bond motifs is 1. The molecule has 0 spiro atoms. The second-order valence-corrected chi connectivity index (χ2v) is 12.1. The number of sulfonamides is 1. The summed E-state index contributed by atoms with van der Waals surface area (Å²) in [5.41, 5.74) is 3.66. The van der Waals surface area contributed by atoms with Crippen molar-refractivity contribution >= 4 is 22.0 Å². The second kappa shape index (κ2) is 12.2. The number of unbranched alkanes of at least 4 members (excludes halogenated alkanes) is 1. The smallest absolute Gasteiger partial charge is 0.307 e. The SMILES string of the molecule is CCCCN(CCC(=O)OC)C(=NCc1ccccc1)NS(=O)(=O)c1c(C)c(C)c2c(c1C)CC(C)(C)O2. The van der Waals surface area contributed by atoms with Gasteiger partial charge in [0.15, 0.2) is 0 Å². The molecule has 3 rings (SSSR count). The zero-order chi connectivity index (χ0) is 28.1. The number of aliphatic imine (C=N–C) groups is 1. The van der Waals surface area contributed by atoms with Crippen molar-refractivity contribution in [3.8, 4) is 5.75 Å². The summed E-state index contributed by atoms with van der Waals surface area (Å²) >= 11 is 0. The van der Waals surface area contributed by atoms with Crippen LogP contribution in [0.3, 0.4) is 0 Å². The number of ether oxygens (including phenoxy) is 2. The van der Waals surface area contributed by atoms with Crippen LogP contribution in [0.25, 0.3) is 0 Å². The molecule has 0 radical (unpaired) electrons. The molecule has 0 aliphatic carbocycles. The zero-order valence-corrected chi connectivity index (χ0v) is 24.5. The quantitative estimate of drug-likeness (QED) is 0.262. The number of esters is 1. The van der Waals surface area contributed by atoms with Crippen molar-refractivity contribution < 1.29 is 22.7 Å².